The number of carbonyl (C=O) groups is 1. The number of hydrogen-bond donors (Lipinski definition) is 1. The molecule has 130 valence electrons. The average Bonchev–Trinajstić information content (AvgIpc) is 3.13. The number of hydrogen-bond acceptors (Lipinski definition) is 3. The van der Waals surface area contributed by atoms with Gasteiger partial charge in [0, 0.05) is 23.7 Å². The fraction of sp³-hybridized carbons (Fsp3) is 0.263. The lowest BCUT2D eigenvalue weighted by atomic mass is 10.2. The summed E-state index contributed by atoms with van der Waals surface area (Å²) in [6.07, 6.45) is 1.71. The van der Waals surface area contributed by atoms with Gasteiger partial charge in [-0.15, -0.1) is 0 Å². The minimum absolute atomic E-state index is 0.259. The van der Waals surface area contributed by atoms with Crippen LogP contribution in [0.25, 0.3) is 0 Å². The number of amides is 2. The Morgan fingerprint density at radius 2 is 2.00 bits per heavy atom. The van der Waals surface area contributed by atoms with Gasteiger partial charge in [0.15, 0.2) is 0 Å². The molecule has 2 aromatic carbocycles. The van der Waals surface area contributed by atoms with Gasteiger partial charge < -0.3 is 10.1 Å². The lowest BCUT2D eigenvalue weighted by Gasteiger charge is -2.23. The second kappa shape index (κ2) is 7.57. The van der Waals surface area contributed by atoms with E-state index >= 15 is 0 Å². The molecule has 1 heterocycles. The highest BCUT2D eigenvalue weighted by Crippen LogP contribution is 2.26. The van der Waals surface area contributed by atoms with Gasteiger partial charge in [-0.25, -0.2) is 4.79 Å². The average molecular weight is 358 g/mol. The molecular weight excluding hydrogens is 338 g/mol. The van der Waals surface area contributed by atoms with Crippen LogP contribution in [-0.4, -0.2) is 25.5 Å². The monoisotopic (exact) mass is 357 g/mol. The molecule has 1 aliphatic rings. The standard InChI is InChI=1S/C19H20ClN3O2/c1-13-5-8-15(12-17(13)20)23(18-4-3-11-21-18)19(24)22-14-6-9-16(25-2)10-7-14/h5-10,12H,3-4,11H2,1-2H3,(H,22,24). The van der Waals surface area contributed by atoms with Crippen molar-refractivity contribution in [1.82, 2.24) is 0 Å². The maximum Gasteiger partial charge on any atom is 0.331 e. The third-order valence-corrected chi connectivity index (χ3v) is 4.48. The SMILES string of the molecule is COc1ccc(NC(=O)N(C2=NCCC2)c2ccc(C)c(Cl)c2)cc1. The summed E-state index contributed by atoms with van der Waals surface area (Å²) in [5.41, 5.74) is 2.36. The first-order valence-electron chi connectivity index (χ1n) is 8.13. The van der Waals surface area contributed by atoms with E-state index in [2.05, 4.69) is 10.3 Å². The molecule has 2 aromatic rings. The molecular formula is C19H20ClN3O2. The summed E-state index contributed by atoms with van der Waals surface area (Å²) in [6, 6.07) is 12.5. The Morgan fingerprint density at radius 3 is 2.60 bits per heavy atom. The van der Waals surface area contributed by atoms with E-state index < -0.39 is 0 Å². The second-order valence-electron chi connectivity index (χ2n) is 5.83. The van der Waals surface area contributed by atoms with Crippen LogP contribution in [0.1, 0.15) is 18.4 Å². The number of nitrogens with zero attached hydrogens (tertiary/aromatic N) is 2. The van der Waals surface area contributed by atoms with E-state index in [1.54, 1.807) is 42.3 Å². The minimum atomic E-state index is -0.259. The van der Waals surface area contributed by atoms with Gasteiger partial charge >= 0.3 is 6.03 Å². The lowest BCUT2D eigenvalue weighted by Crippen LogP contribution is -2.39. The molecule has 1 N–H and O–H groups in total. The molecule has 0 saturated carbocycles. The first-order valence-corrected chi connectivity index (χ1v) is 8.51. The van der Waals surface area contributed by atoms with Crippen molar-refractivity contribution in [1.29, 1.82) is 0 Å². The van der Waals surface area contributed by atoms with Gasteiger partial charge in [-0.1, -0.05) is 17.7 Å². The van der Waals surface area contributed by atoms with Crippen molar-refractivity contribution in [2.45, 2.75) is 19.8 Å². The maximum atomic E-state index is 12.9. The summed E-state index contributed by atoms with van der Waals surface area (Å²) in [6.45, 7) is 2.67. The van der Waals surface area contributed by atoms with Crippen molar-refractivity contribution < 1.29 is 9.53 Å². The van der Waals surface area contributed by atoms with Crippen molar-refractivity contribution in [2.75, 3.05) is 23.9 Å². The molecule has 0 radical (unpaired) electrons. The van der Waals surface area contributed by atoms with Crippen LogP contribution in [0.4, 0.5) is 16.2 Å². The van der Waals surface area contributed by atoms with E-state index in [1.165, 1.54) is 0 Å². The molecule has 2 amide bonds. The van der Waals surface area contributed by atoms with Gasteiger partial charge in [-0.05, 0) is 55.3 Å². The Hall–Kier alpha value is -2.53. The highest BCUT2D eigenvalue weighted by Gasteiger charge is 2.24. The molecule has 6 heteroatoms. The highest BCUT2D eigenvalue weighted by molar-refractivity contribution is 6.32. The number of nitrogens with one attached hydrogen (secondary N) is 1. The Labute approximate surface area is 152 Å². The molecule has 0 atom stereocenters. The van der Waals surface area contributed by atoms with Crippen LogP contribution >= 0.6 is 11.6 Å². The zero-order valence-electron chi connectivity index (χ0n) is 14.3. The number of rotatable bonds is 3. The Morgan fingerprint density at radius 1 is 1.24 bits per heavy atom. The van der Waals surface area contributed by atoms with Crippen LogP contribution in [0.3, 0.4) is 0 Å². The number of amidine groups is 1. The van der Waals surface area contributed by atoms with Gasteiger partial charge in [0.2, 0.25) is 0 Å². The minimum Gasteiger partial charge on any atom is -0.497 e. The number of carbonyl (C=O) groups excluding carboxylic acids is 1. The summed E-state index contributed by atoms with van der Waals surface area (Å²) in [4.78, 5) is 19.0. The number of benzene rings is 2. The fourth-order valence-corrected chi connectivity index (χ4v) is 2.84. The van der Waals surface area contributed by atoms with Gasteiger partial charge in [-0.2, -0.15) is 0 Å². The molecule has 0 spiro atoms. The molecule has 5 nitrogen and oxygen atoms in total. The summed E-state index contributed by atoms with van der Waals surface area (Å²) in [5, 5.41) is 3.53. The van der Waals surface area contributed by atoms with Crippen LogP contribution in [0.15, 0.2) is 47.5 Å². The summed E-state index contributed by atoms with van der Waals surface area (Å²) in [5.74, 6) is 1.49. The van der Waals surface area contributed by atoms with Crippen LogP contribution in [-0.2, 0) is 0 Å². The molecule has 0 saturated heterocycles. The van der Waals surface area contributed by atoms with Crippen LogP contribution < -0.4 is 15.0 Å². The summed E-state index contributed by atoms with van der Waals surface area (Å²) >= 11 is 6.25. The number of aryl methyl sites for hydroxylation is 1. The van der Waals surface area contributed by atoms with Gasteiger partial charge in [-0.3, -0.25) is 9.89 Å². The zero-order valence-corrected chi connectivity index (χ0v) is 15.0. The number of anilines is 2. The van der Waals surface area contributed by atoms with E-state index in [1.807, 2.05) is 19.1 Å². The number of methoxy groups -OCH3 is 1. The van der Waals surface area contributed by atoms with Gasteiger partial charge in [0.05, 0.1) is 12.8 Å². The summed E-state index contributed by atoms with van der Waals surface area (Å²) in [7, 11) is 1.61. The molecule has 1 aliphatic heterocycles. The van der Waals surface area contributed by atoms with E-state index in [0.29, 0.717) is 16.4 Å². The Kier molecular flexibility index (Phi) is 5.24. The first-order chi connectivity index (χ1) is 12.1. The van der Waals surface area contributed by atoms with Crippen LogP contribution in [0, 0.1) is 6.92 Å². The lowest BCUT2D eigenvalue weighted by molar-refractivity contribution is 0.259. The van der Waals surface area contributed by atoms with Crippen molar-refractivity contribution in [3.63, 3.8) is 0 Å². The van der Waals surface area contributed by atoms with E-state index in [0.717, 1.165) is 36.5 Å². The molecule has 0 fully saturated rings. The predicted octanol–water partition coefficient (Wildman–Crippen LogP) is 4.89. The van der Waals surface area contributed by atoms with Crippen molar-refractivity contribution in [3.05, 3.63) is 53.1 Å². The quantitative estimate of drug-likeness (QED) is 0.850. The Balaban J connectivity index is 1.87. The third kappa shape index (κ3) is 3.94. The van der Waals surface area contributed by atoms with Gasteiger partial charge in [0.25, 0.3) is 0 Å². The number of halogens is 1. The van der Waals surface area contributed by atoms with Crippen molar-refractivity contribution >= 4 is 34.8 Å². The fourth-order valence-electron chi connectivity index (χ4n) is 2.66. The normalized spacial score (nSPS) is 13.3. The molecule has 0 aliphatic carbocycles. The summed E-state index contributed by atoms with van der Waals surface area (Å²) < 4.78 is 5.14. The maximum absolute atomic E-state index is 12.9. The predicted molar refractivity (Wildman–Crippen MR) is 102 cm³/mol. The second-order valence-corrected chi connectivity index (χ2v) is 6.24. The molecule has 25 heavy (non-hydrogen) atoms. The van der Waals surface area contributed by atoms with Gasteiger partial charge in [0.1, 0.15) is 11.6 Å². The number of urea groups is 1. The van der Waals surface area contributed by atoms with Crippen molar-refractivity contribution in [2.24, 2.45) is 4.99 Å². The largest absolute Gasteiger partial charge is 0.497 e. The molecule has 0 aromatic heterocycles. The Bertz CT molecular complexity index is 803. The van der Waals surface area contributed by atoms with E-state index in [-0.39, 0.29) is 6.03 Å². The molecule has 0 unspecified atom stereocenters. The van der Waals surface area contributed by atoms with Crippen LogP contribution in [0.2, 0.25) is 5.02 Å². The molecule has 0 bridgehead atoms. The number of ether oxygens (including phenoxy) is 1. The number of aliphatic imine (C=N–C) groups is 1. The topological polar surface area (TPSA) is 53.9 Å². The zero-order chi connectivity index (χ0) is 17.8. The van der Waals surface area contributed by atoms with E-state index in [4.69, 9.17) is 16.3 Å². The third-order valence-electron chi connectivity index (χ3n) is 4.07. The first kappa shape index (κ1) is 17.3. The molecule has 3 rings (SSSR count). The smallest absolute Gasteiger partial charge is 0.331 e. The van der Waals surface area contributed by atoms with Crippen LogP contribution in [0.5, 0.6) is 5.75 Å². The van der Waals surface area contributed by atoms with E-state index in [9.17, 15) is 4.79 Å². The van der Waals surface area contributed by atoms with Crippen molar-refractivity contribution in [3.8, 4) is 5.75 Å². The highest BCUT2D eigenvalue weighted by atomic mass is 35.5.